The molecule has 0 spiro atoms. The number of carbonyl (C=O) groups is 1. The van der Waals surface area contributed by atoms with Crippen LogP contribution in [0.15, 0.2) is 5.51 Å². The first-order valence-electron chi connectivity index (χ1n) is 4.71. The molecule has 1 rings (SSSR count). The number of carbonyl (C=O) groups excluding carboxylic acids is 1. The molecular formula is C10H13N3O2S. The highest BCUT2D eigenvalue weighted by molar-refractivity contribution is 7.14. The smallest absolute Gasteiger partial charge is 0.412 e. The van der Waals surface area contributed by atoms with Crippen LogP contribution >= 0.6 is 11.3 Å². The lowest BCUT2D eigenvalue weighted by Crippen LogP contribution is -2.27. The number of rotatable bonds is 2. The fourth-order valence-corrected chi connectivity index (χ4v) is 1.66. The van der Waals surface area contributed by atoms with E-state index < -0.39 is 11.7 Å². The largest absolute Gasteiger partial charge is 0.444 e. The second kappa shape index (κ2) is 4.94. The molecule has 1 heterocycles. The van der Waals surface area contributed by atoms with Crippen molar-refractivity contribution in [1.29, 1.82) is 5.26 Å². The number of ether oxygens (including phenoxy) is 1. The molecule has 0 fully saturated rings. The molecule has 1 aromatic heterocycles. The van der Waals surface area contributed by atoms with Gasteiger partial charge in [-0.15, -0.1) is 11.3 Å². The maximum absolute atomic E-state index is 11.4. The fourth-order valence-electron chi connectivity index (χ4n) is 0.968. The highest BCUT2D eigenvalue weighted by Gasteiger charge is 2.17. The molecule has 0 atom stereocenters. The lowest BCUT2D eigenvalue weighted by atomic mass is 10.2. The number of nitrogens with zero attached hydrogens (tertiary/aromatic N) is 2. The maximum atomic E-state index is 11.4. The Hall–Kier alpha value is -1.61. The Morgan fingerprint density at radius 1 is 1.69 bits per heavy atom. The van der Waals surface area contributed by atoms with Crippen molar-refractivity contribution in [2.45, 2.75) is 32.8 Å². The van der Waals surface area contributed by atoms with E-state index in [0.29, 0.717) is 10.7 Å². The summed E-state index contributed by atoms with van der Waals surface area (Å²) in [5.41, 5.74) is 1.61. The predicted molar refractivity (Wildman–Crippen MR) is 61.3 cm³/mol. The Morgan fingerprint density at radius 3 is 2.94 bits per heavy atom. The highest BCUT2D eigenvalue weighted by atomic mass is 32.1. The van der Waals surface area contributed by atoms with Crippen molar-refractivity contribution >= 4 is 22.4 Å². The topological polar surface area (TPSA) is 75.0 Å². The van der Waals surface area contributed by atoms with Gasteiger partial charge in [0.15, 0.2) is 0 Å². The molecule has 0 aliphatic carbocycles. The second-order valence-corrected chi connectivity index (χ2v) is 4.94. The Balaban J connectivity index is 2.63. The normalized spacial score (nSPS) is 10.6. The minimum absolute atomic E-state index is 0.175. The molecule has 86 valence electrons. The van der Waals surface area contributed by atoms with Gasteiger partial charge >= 0.3 is 6.09 Å². The van der Waals surface area contributed by atoms with Crippen LogP contribution in [0.4, 0.5) is 9.80 Å². The summed E-state index contributed by atoms with van der Waals surface area (Å²) in [6, 6.07) is 1.98. The second-order valence-electron chi connectivity index (χ2n) is 4.09. The first-order valence-corrected chi connectivity index (χ1v) is 5.59. The number of anilines is 1. The zero-order valence-electron chi connectivity index (χ0n) is 9.40. The molecule has 6 heteroatoms. The Morgan fingerprint density at radius 2 is 2.38 bits per heavy atom. The molecule has 0 radical (unpaired) electrons. The number of thiazole rings is 1. The zero-order chi connectivity index (χ0) is 12.2. The van der Waals surface area contributed by atoms with Crippen LogP contribution in [0.2, 0.25) is 0 Å². The molecule has 0 bridgehead atoms. The van der Waals surface area contributed by atoms with Gasteiger partial charge in [0.1, 0.15) is 10.6 Å². The minimum atomic E-state index is -0.538. The van der Waals surface area contributed by atoms with Gasteiger partial charge in [0.25, 0.3) is 0 Å². The van der Waals surface area contributed by atoms with Gasteiger partial charge in [0.2, 0.25) is 0 Å². The van der Waals surface area contributed by atoms with Crippen molar-refractivity contribution in [3.8, 4) is 6.07 Å². The molecule has 0 aromatic carbocycles. The first kappa shape index (κ1) is 12.5. The summed E-state index contributed by atoms with van der Waals surface area (Å²) in [5.74, 6) is 0. The van der Waals surface area contributed by atoms with Gasteiger partial charge < -0.3 is 4.74 Å². The van der Waals surface area contributed by atoms with Crippen LogP contribution in [-0.2, 0) is 11.2 Å². The molecule has 16 heavy (non-hydrogen) atoms. The lowest BCUT2D eigenvalue weighted by Gasteiger charge is -2.19. The summed E-state index contributed by atoms with van der Waals surface area (Å²) < 4.78 is 5.09. The minimum Gasteiger partial charge on any atom is -0.444 e. The van der Waals surface area contributed by atoms with Gasteiger partial charge in [0, 0.05) is 0 Å². The first-order chi connectivity index (χ1) is 7.42. The van der Waals surface area contributed by atoms with E-state index in [2.05, 4.69) is 10.3 Å². The Bertz CT molecular complexity index is 414. The summed E-state index contributed by atoms with van der Waals surface area (Å²) in [4.78, 5) is 15.4. The number of nitriles is 1. The molecule has 0 saturated carbocycles. The Labute approximate surface area is 98.1 Å². The third kappa shape index (κ3) is 3.87. The molecule has 0 aliphatic rings. The molecule has 0 saturated heterocycles. The van der Waals surface area contributed by atoms with E-state index in [4.69, 9.17) is 10.00 Å². The van der Waals surface area contributed by atoms with Crippen LogP contribution in [0.1, 0.15) is 26.5 Å². The number of hydrogen-bond acceptors (Lipinski definition) is 5. The molecule has 0 unspecified atom stereocenters. The average molecular weight is 239 g/mol. The van der Waals surface area contributed by atoms with Crippen molar-refractivity contribution in [2.75, 3.05) is 5.32 Å². The van der Waals surface area contributed by atoms with Crippen LogP contribution in [0.3, 0.4) is 0 Å². The van der Waals surface area contributed by atoms with Gasteiger partial charge in [-0.1, -0.05) is 0 Å². The van der Waals surface area contributed by atoms with Crippen molar-refractivity contribution in [3.05, 3.63) is 11.2 Å². The Kier molecular flexibility index (Phi) is 3.85. The van der Waals surface area contributed by atoms with Gasteiger partial charge in [-0.25, -0.2) is 9.78 Å². The monoisotopic (exact) mass is 239 g/mol. The molecule has 1 aromatic rings. The SMILES string of the molecule is CC(C)(C)OC(=O)Nc1scnc1CC#N. The standard InChI is InChI=1S/C10H13N3O2S/c1-10(2,3)15-9(14)13-8-7(4-5-11)12-6-16-8/h6H,4H2,1-3H3,(H,13,14). The predicted octanol–water partition coefficient (Wildman–Crippen LogP) is 2.56. The summed E-state index contributed by atoms with van der Waals surface area (Å²) in [6.07, 6.45) is -0.356. The van der Waals surface area contributed by atoms with Gasteiger partial charge in [-0.05, 0) is 20.8 Å². The fraction of sp³-hybridized carbons (Fsp3) is 0.500. The zero-order valence-corrected chi connectivity index (χ0v) is 10.2. The van der Waals surface area contributed by atoms with Crippen molar-refractivity contribution < 1.29 is 9.53 Å². The molecular weight excluding hydrogens is 226 g/mol. The van der Waals surface area contributed by atoms with E-state index in [1.54, 1.807) is 26.3 Å². The summed E-state index contributed by atoms with van der Waals surface area (Å²) in [7, 11) is 0. The summed E-state index contributed by atoms with van der Waals surface area (Å²) >= 11 is 1.27. The molecule has 1 amide bonds. The van der Waals surface area contributed by atoms with E-state index in [1.165, 1.54) is 11.3 Å². The van der Waals surface area contributed by atoms with Crippen LogP contribution in [0, 0.1) is 11.3 Å². The number of hydrogen-bond donors (Lipinski definition) is 1. The molecule has 5 nitrogen and oxygen atoms in total. The van der Waals surface area contributed by atoms with Crippen molar-refractivity contribution in [1.82, 2.24) is 4.98 Å². The quantitative estimate of drug-likeness (QED) is 0.860. The van der Waals surface area contributed by atoms with Crippen molar-refractivity contribution in [2.24, 2.45) is 0 Å². The van der Waals surface area contributed by atoms with Gasteiger partial charge in [0.05, 0.1) is 23.7 Å². The summed E-state index contributed by atoms with van der Waals surface area (Å²) in [5, 5.41) is 11.7. The average Bonchev–Trinajstić information content (AvgIpc) is 2.50. The third-order valence-electron chi connectivity index (χ3n) is 1.50. The maximum Gasteiger partial charge on any atom is 0.412 e. The van der Waals surface area contributed by atoms with E-state index in [-0.39, 0.29) is 6.42 Å². The van der Waals surface area contributed by atoms with Crippen LogP contribution in [0.25, 0.3) is 0 Å². The van der Waals surface area contributed by atoms with Gasteiger partial charge in [-0.2, -0.15) is 5.26 Å². The summed E-state index contributed by atoms with van der Waals surface area (Å²) in [6.45, 7) is 5.36. The number of aromatic nitrogens is 1. The van der Waals surface area contributed by atoms with E-state index >= 15 is 0 Å². The van der Waals surface area contributed by atoms with Crippen LogP contribution in [0.5, 0.6) is 0 Å². The molecule has 1 N–H and O–H groups in total. The van der Waals surface area contributed by atoms with Crippen LogP contribution in [-0.4, -0.2) is 16.7 Å². The van der Waals surface area contributed by atoms with E-state index in [0.717, 1.165) is 0 Å². The van der Waals surface area contributed by atoms with Crippen LogP contribution < -0.4 is 5.32 Å². The number of nitrogens with one attached hydrogen (secondary N) is 1. The number of amides is 1. The van der Waals surface area contributed by atoms with Gasteiger partial charge in [-0.3, -0.25) is 5.32 Å². The van der Waals surface area contributed by atoms with E-state index in [1.807, 2.05) is 6.07 Å². The lowest BCUT2D eigenvalue weighted by molar-refractivity contribution is 0.0636. The highest BCUT2D eigenvalue weighted by Crippen LogP contribution is 2.21. The molecule has 0 aliphatic heterocycles. The third-order valence-corrected chi connectivity index (χ3v) is 2.29. The van der Waals surface area contributed by atoms with E-state index in [9.17, 15) is 4.79 Å². The van der Waals surface area contributed by atoms with Crippen molar-refractivity contribution in [3.63, 3.8) is 0 Å².